The van der Waals surface area contributed by atoms with Crippen LogP contribution in [0.25, 0.3) is 75.3 Å². The number of hydrogen-bond acceptors (Lipinski definition) is 3. The van der Waals surface area contributed by atoms with Gasteiger partial charge in [0.2, 0.25) is 0 Å². The Bertz CT molecular complexity index is 2140. The van der Waals surface area contributed by atoms with Crippen molar-refractivity contribution in [2.75, 3.05) is 0 Å². The fraction of sp³-hybridized carbons (Fsp3) is 0. The maximum atomic E-state index is 5.31. The van der Waals surface area contributed by atoms with Crippen molar-refractivity contribution in [3.05, 3.63) is 121 Å². The predicted octanol–water partition coefficient (Wildman–Crippen LogP) is 9.64. The highest BCUT2D eigenvalue weighted by Gasteiger charge is 2.18. The highest BCUT2D eigenvalue weighted by molar-refractivity contribution is 7.26. The number of rotatable bonds is 2. The summed E-state index contributed by atoms with van der Waals surface area (Å²) in [5.74, 6) is 0.759. The number of thiophene rings is 1. The molecular formula is C34H20N2S. The zero-order valence-electron chi connectivity index (χ0n) is 19.8. The molecule has 3 heteroatoms. The van der Waals surface area contributed by atoms with Crippen molar-refractivity contribution in [1.82, 2.24) is 9.97 Å². The van der Waals surface area contributed by atoms with Gasteiger partial charge in [0.1, 0.15) is 0 Å². The van der Waals surface area contributed by atoms with Gasteiger partial charge < -0.3 is 0 Å². The minimum Gasteiger partial charge on any atom is -0.228 e. The van der Waals surface area contributed by atoms with E-state index in [-0.39, 0.29) is 0 Å². The van der Waals surface area contributed by atoms with Gasteiger partial charge in [-0.2, -0.15) is 0 Å². The van der Waals surface area contributed by atoms with E-state index >= 15 is 0 Å². The van der Waals surface area contributed by atoms with E-state index in [0.29, 0.717) is 0 Å². The van der Waals surface area contributed by atoms with Gasteiger partial charge in [-0.25, -0.2) is 9.97 Å². The Kier molecular flexibility index (Phi) is 4.42. The smallest absolute Gasteiger partial charge is 0.161 e. The number of hydrogen-bond donors (Lipinski definition) is 0. The van der Waals surface area contributed by atoms with Crippen molar-refractivity contribution < 1.29 is 0 Å². The number of nitrogens with zero attached hydrogens (tertiary/aromatic N) is 2. The molecule has 0 fully saturated rings. The van der Waals surface area contributed by atoms with E-state index in [2.05, 4.69) is 121 Å². The zero-order chi connectivity index (χ0) is 24.3. The minimum absolute atomic E-state index is 0.759. The maximum Gasteiger partial charge on any atom is 0.161 e. The van der Waals surface area contributed by atoms with Crippen LogP contribution in [0, 0.1) is 0 Å². The van der Waals surface area contributed by atoms with Crippen molar-refractivity contribution in [2.24, 2.45) is 0 Å². The van der Waals surface area contributed by atoms with Gasteiger partial charge in [0.15, 0.2) is 5.82 Å². The molecule has 37 heavy (non-hydrogen) atoms. The molecule has 2 heterocycles. The molecule has 0 N–H and O–H groups in total. The second kappa shape index (κ2) is 7.95. The van der Waals surface area contributed by atoms with Crippen molar-refractivity contribution in [1.29, 1.82) is 0 Å². The first-order chi connectivity index (χ1) is 18.3. The summed E-state index contributed by atoms with van der Waals surface area (Å²) < 4.78 is 2.59. The number of aromatic nitrogens is 2. The van der Waals surface area contributed by atoms with E-state index in [0.717, 1.165) is 33.5 Å². The maximum absolute atomic E-state index is 5.31. The van der Waals surface area contributed by atoms with E-state index in [9.17, 15) is 0 Å². The van der Waals surface area contributed by atoms with Crippen molar-refractivity contribution in [3.8, 4) is 22.6 Å². The van der Waals surface area contributed by atoms with Crippen LogP contribution < -0.4 is 0 Å². The Morgan fingerprint density at radius 1 is 0.459 bits per heavy atom. The van der Waals surface area contributed by atoms with Crippen molar-refractivity contribution in [3.63, 3.8) is 0 Å². The van der Waals surface area contributed by atoms with E-state index in [4.69, 9.17) is 9.97 Å². The molecule has 0 aliphatic heterocycles. The summed E-state index contributed by atoms with van der Waals surface area (Å²) >= 11 is 1.84. The normalized spacial score (nSPS) is 11.8. The third-order valence-corrected chi connectivity index (χ3v) is 8.40. The molecule has 0 saturated heterocycles. The van der Waals surface area contributed by atoms with Gasteiger partial charge in [-0.05, 0) is 34.4 Å². The largest absolute Gasteiger partial charge is 0.228 e. The van der Waals surface area contributed by atoms with Crippen LogP contribution in [0.3, 0.4) is 0 Å². The molecule has 0 radical (unpaired) electrons. The topological polar surface area (TPSA) is 25.8 Å². The Morgan fingerprint density at radius 2 is 1.22 bits per heavy atom. The summed E-state index contributed by atoms with van der Waals surface area (Å²) in [7, 11) is 0. The molecular weight excluding hydrogens is 468 g/mol. The Balaban J connectivity index is 1.53. The van der Waals surface area contributed by atoms with Gasteiger partial charge in [-0.3, -0.25) is 0 Å². The van der Waals surface area contributed by atoms with Crippen LogP contribution in [0.2, 0.25) is 0 Å². The Labute approximate surface area is 217 Å². The molecule has 0 saturated carbocycles. The minimum atomic E-state index is 0.759. The van der Waals surface area contributed by atoms with Crippen LogP contribution in [0.5, 0.6) is 0 Å². The quantitative estimate of drug-likeness (QED) is 0.226. The van der Waals surface area contributed by atoms with E-state index in [1.807, 2.05) is 11.3 Å². The lowest BCUT2D eigenvalue weighted by Gasteiger charge is -2.13. The van der Waals surface area contributed by atoms with Gasteiger partial charge in [0.05, 0.1) is 11.2 Å². The third kappa shape index (κ3) is 3.11. The molecule has 0 atom stereocenters. The molecule has 0 amide bonds. The molecule has 0 unspecified atom stereocenters. The van der Waals surface area contributed by atoms with E-state index < -0.39 is 0 Å². The van der Waals surface area contributed by atoms with Crippen LogP contribution >= 0.6 is 11.3 Å². The molecule has 172 valence electrons. The number of benzene rings is 6. The predicted molar refractivity (Wildman–Crippen MR) is 158 cm³/mol. The van der Waals surface area contributed by atoms with Gasteiger partial charge in [0.25, 0.3) is 0 Å². The molecule has 0 spiro atoms. The molecule has 8 rings (SSSR count). The van der Waals surface area contributed by atoms with Crippen LogP contribution in [0.15, 0.2) is 121 Å². The van der Waals surface area contributed by atoms with Gasteiger partial charge >= 0.3 is 0 Å². The fourth-order valence-corrected chi connectivity index (χ4v) is 6.72. The molecule has 0 aliphatic rings. The lowest BCUT2D eigenvalue weighted by molar-refractivity contribution is 1.24. The standard InChI is InChI=1S/C34H20N2S/c1-2-10-23(11-3-1)33-31-24-13-5-4-9-21(24)17-19-27(31)35-34(36-33)26-15-8-12-22-18-20-29-32(30(22)26)25-14-6-7-16-28(25)37-29/h1-20H. The summed E-state index contributed by atoms with van der Waals surface area (Å²) in [6, 6.07) is 42.9. The number of fused-ring (bicyclic) bond motifs is 8. The monoisotopic (exact) mass is 488 g/mol. The first kappa shape index (κ1) is 20.6. The summed E-state index contributed by atoms with van der Waals surface area (Å²) in [5, 5.41) is 8.47. The molecule has 8 aromatic rings. The average molecular weight is 489 g/mol. The van der Waals surface area contributed by atoms with E-state index in [1.54, 1.807) is 0 Å². The SMILES string of the molecule is c1ccc(-c2nc(-c3cccc4ccc5sc6ccccc6c5c34)nc3ccc4ccccc4c23)cc1. The highest BCUT2D eigenvalue weighted by atomic mass is 32.1. The summed E-state index contributed by atoms with van der Waals surface area (Å²) in [4.78, 5) is 10.5. The third-order valence-electron chi connectivity index (χ3n) is 7.26. The Morgan fingerprint density at radius 3 is 2.14 bits per heavy atom. The van der Waals surface area contributed by atoms with Crippen LogP contribution in [-0.4, -0.2) is 9.97 Å². The van der Waals surface area contributed by atoms with Crippen LogP contribution in [0.1, 0.15) is 0 Å². The fourth-order valence-electron chi connectivity index (χ4n) is 5.61. The van der Waals surface area contributed by atoms with Crippen LogP contribution in [0.4, 0.5) is 0 Å². The molecule has 0 aliphatic carbocycles. The Hall–Kier alpha value is -4.60. The average Bonchev–Trinajstić information content (AvgIpc) is 3.35. The summed E-state index contributed by atoms with van der Waals surface area (Å²) in [6.07, 6.45) is 0. The molecule has 6 aromatic carbocycles. The first-order valence-electron chi connectivity index (χ1n) is 12.4. The molecule has 2 aromatic heterocycles. The molecule has 2 nitrogen and oxygen atoms in total. The van der Waals surface area contributed by atoms with Crippen molar-refractivity contribution >= 4 is 64.0 Å². The second-order valence-corrected chi connectivity index (χ2v) is 10.5. The molecule has 0 bridgehead atoms. The lowest BCUT2D eigenvalue weighted by atomic mass is 9.97. The summed E-state index contributed by atoms with van der Waals surface area (Å²) in [6.45, 7) is 0. The van der Waals surface area contributed by atoms with Crippen LogP contribution in [-0.2, 0) is 0 Å². The van der Waals surface area contributed by atoms with Gasteiger partial charge in [-0.1, -0.05) is 103 Å². The van der Waals surface area contributed by atoms with Gasteiger partial charge in [0, 0.05) is 42.1 Å². The zero-order valence-corrected chi connectivity index (χ0v) is 20.7. The van der Waals surface area contributed by atoms with E-state index in [1.165, 1.54) is 41.7 Å². The summed E-state index contributed by atoms with van der Waals surface area (Å²) in [5.41, 5.74) is 4.09. The van der Waals surface area contributed by atoms with Gasteiger partial charge in [-0.15, -0.1) is 11.3 Å². The van der Waals surface area contributed by atoms with Crippen molar-refractivity contribution in [2.45, 2.75) is 0 Å². The first-order valence-corrected chi connectivity index (χ1v) is 13.2. The lowest BCUT2D eigenvalue weighted by Crippen LogP contribution is -1.97. The second-order valence-electron chi connectivity index (χ2n) is 9.38. The highest BCUT2D eigenvalue weighted by Crippen LogP contribution is 2.42.